The summed E-state index contributed by atoms with van der Waals surface area (Å²) in [7, 11) is 1.75. The van der Waals surface area contributed by atoms with Crippen molar-refractivity contribution in [3.05, 3.63) is 0 Å². The van der Waals surface area contributed by atoms with Crippen LogP contribution in [0.1, 0.15) is 20.3 Å². The Morgan fingerprint density at radius 3 is 2.87 bits per heavy atom. The van der Waals surface area contributed by atoms with Gasteiger partial charge < -0.3 is 15.2 Å². The average molecular weight is 216 g/mol. The molecule has 0 saturated carbocycles. The van der Waals surface area contributed by atoms with E-state index in [1.807, 2.05) is 6.92 Å². The van der Waals surface area contributed by atoms with Crippen LogP contribution in [0.25, 0.3) is 0 Å². The van der Waals surface area contributed by atoms with Crippen molar-refractivity contribution in [2.75, 3.05) is 33.4 Å². The zero-order chi connectivity index (χ0) is 11.3. The van der Waals surface area contributed by atoms with Gasteiger partial charge in [0.05, 0.1) is 12.7 Å². The summed E-state index contributed by atoms with van der Waals surface area (Å²) in [5.41, 5.74) is 5.85. The Kier molecular flexibility index (Phi) is 5.53. The Labute approximate surface area is 92.7 Å². The second-order valence-electron chi connectivity index (χ2n) is 4.39. The SMILES string of the molecule is COCCC(C)N1CCOC(C(C)N)C1. The highest BCUT2D eigenvalue weighted by Gasteiger charge is 2.25. The summed E-state index contributed by atoms with van der Waals surface area (Å²) >= 11 is 0. The summed E-state index contributed by atoms with van der Waals surface area (Å²) < 4.78 is 10.7. The molecule has 1 heterocycles. The predicted octanol–water partition coefficient (Wildman–Crippen LogP) is 0.459. The van der Waals surface area contributed by atoms with Crippen LogP contribution in [0.4, 0.5) is 0 Å². The minimum absolute atomic E-state index is 0.113. The third-order valence-electron chi connectivity index (χ3n) is 3.07. The third kappa shape index (κ3) is 4.07. The van der Waals surface area contributed by atoms with E-state index in [1.54, 1.807) is 7.11 Å². The lowest BCUT2D eigenvalue weighted by Crippen LogP contribution is -2.52. The van der Waals surface area contributed by atoms with E-state index in [1.165, 1.54) is 0 Å². The van der Waals surface area contributed by atoms with Crippen LogP contribution in [0.3, 0.4) is 0 Å². The molecule has 1 saturated heterocycles. The number of hydrogen-bond acceptors (Lipinski definition) is 4. The Balaban J connectivity index is 2.34. The number of nitrogens with two attached hydrogens (primary N) is 1. The highest BCUT2D eigenvalue weighted by molar-refractivity contribution is 4.80. The highest BCUT2D eigenvalue weighted by Crippen LogP contribution is 2.12. The first-order valence-electron chi connectivity index (χ1n) is 5.75. The standard InChI is InChI=1S/C11H24N2O2/c1-9(4-6-14-3)13-5-7-15-11(8-13)10(2)12/h9-11H,4-8,12H2,1-3H3. The van der Waals surface area contributed by atoms with E-state index in [0.717, 1.165) is 32.7 Å². The Hall–Kier alpha value is -0.160. The molecule has 0 aromatic heterocycles. The van der Waals surface area contributed by atoms with E-state index in [2.05, 4.69) is 11.8 Å². The van der Waals surface area contributed by atoms with Crippen LogP contribution in [0.15, 0.2) is 0 Å². The van der Waals surface area contributed by atoms with Gasteiger partial charge in [0.2, 0.25) is 0 Å². The number of hydrogen-bond donors (Lipinski definition) is 1. The molecule has 1 fully saturated rings. The zero-order valence-corrected chi connectivity index (χ0v) is 10.1. The minimum Gasteiger partial charge on any atom is -0.385 e. The lowest BCUT2D eigenvalue weighted by molar-refractivity contribution is -0.0522. The maximum absolute atomic E-state index is 5.85. The quantitative estimate of drug-likeness (QED) is 0.725. The lowest BCUT2D eigenvalue weighted by Gasteiger charge is -2.38. The van der Waals surface area contributed by atoms with Gasteiger partial charge in [0, 0.05) is 38.9 Å². The van der Waals surface area contributed by atoms with Crippen LogP contribution in [0.2, 0.25) is 0 Å². The first kappa shape index (κ1) is 12.9. The fraction of sp³-hybridized carbons (Fsp3) is 1.00. The van der Waals surface area contributed by atoms with E-state index >= 15 is 0 Å². The second-order valence-corrected chi connectivity index (χ2v) is 4.39. The van der Waals surface area contributed by atoms with Crippen molar-refractivity contribution in [1.82, 2.24) is 4.90 Å². The zero-order valence-electron chi connectivity index (χ0n) is 10.1. The van der Waals surface area contributed by atoms with Crippen LogP contribution in [-0.2, 0) is 9.47 Å². The van der Waals surface area contributed by atoms with Gasteiger partial charge in [0.1, 0.15) is 0 Å². The van der Waals surface area contributed by atoms with Gasteiger partial charge in [0.25, 0.3) is 0 Å². The van der Waals surface area contributed by atoms with Crippen molar-refractivity contribution < 1.29 is 9.47 Å². The molecule has 1 aliphatic rings. The van der Waals surface area contributed by atoms with Crippen molar-refractivity contribution >= 4 is 0 Å². The number of methoxy groups -OCH3 is 1. The lowest BCUT2D eigenvalue weighted by atomic mass is 10.1. The van der Waals surface area contributed by atoms with Crippen LogP contribution in [0, 0.1) is 0 Å². The first-order chi connectivity index (χ1) is 7.15. The maximum Gasteiger partial charge on any atom is 0.0850 e. The van der Waals surface area contributed by atoms with Crippen molar-refractivity contribution in [2.45, 2.75) is 38.5 Å². The Bertz CT molecular complexity index is 176. The normalized spacial score (nSPS) is 27.6. The maximum atomic E-state index is 5.85. The molecule has 2 N–H and O–H groups in total. The number of ether oxygens (including phenoxy) is 2. The fourth-order valence-electron chi connectivity index (χ4n) is 1.89. The summed E-state index contributed by atoms with van der Waals surface area (Å²) in [6.07, 6.45) is 1.26. The van der Waals surface area contributed by atoms with Crippen LogP contribution in [0.5, 0.6) is 0 Å². The molecule has 0 bridgehead atoms. The number of nitrogens with zero attached hydrogens (tertiary/aromatic N) is 1. The second kappa shape index (κ2) is 6.43. The third-order valence-corrected chi connectivity index (χ3v) is 3.07. The topological polar surface area (TPSA) is 47.7 Å². The molecular formula is C11H24N2O2. The van der Waals surface area contributed by atoms with E-state index in [-0.39, 0.29) is 12.1 Å². The molecule has 0 radical (unpaired) electrons. The van der Waals surface area contributed by atoms with Gasteiger partial charge in [-0.15, -0.1) is 0 Å². The van der Waals surface area contributed by atoms with Crippen molar-refractivity contribution in [3.8, 4) is 0 Å². The molecule has 0 amide bonds. The van der Waals surface area contributed by atoms with Crippen LogP contribution >= 0.6 is 0 Å². The summed E-state index contributed by atoms with van der Waals surface area (Å²) in [5, 5.41) is 0. The molecule has 0 spiro atoms. The largest absolute Gasteiger partial charge is 0.385 e. The van der Waals surface area contributed by atoms with Gasteiger partial charge in [-0.2, -0.15) is 0 Å². The van der Waals surface area contributed by atoms with E-state index in [0.29, 0.717) is 6.04 Å². The highest BCUT2D eigenvalue weighted by atomic mass is 16.5. The Morgan fingerprint density at radius 1 is 1.53 bits per heavy atom. The van der Waals surface area contributed by atoms with Gasteiger partial charge >= 0.3 is 0 Å². The number of morpholine rings is 1. The summed E-state index contributed by atoms with van der Waals surface area (Å²) in [6, 6.07) is 0.664. The average Bonchev–Trinajstić information content (AvgIpc) is 2.26. The van der Waals surface area contributed by atoms with Crippen LogP contribution < -0.4 is 5.73 Å². The van der Waals surface area contributed by atoms with Gasteiger partial charge in [0.15, 0.2) is 0 Å². The smallest absolute Gasteiger partial charge is 0.0850 e. The molecule has 3 atom stereocenters. The van der Waals surface area contributed by atoms with Crippen molar-refractivity contribution in [2.24, 2.45) is 5.73 Å². The molecule has 1 rings (SSSR count). The fourth-order valence-corrected chi connectivity index (χ4v) is 1.89. The molecule has 0 aromatic carbocycles. The van der Waals surface area contributed by atoms with Gasteiger partial charge in [-0.3, -0.25) is 4.90 Å². The molecular weight excluding hydrogens is 192 g/mol. The first-order valence-corrected chi connectivity index (χ1v) is 5.75. The molecule has 0 aromatic rings. The van der Waals surface area contributed by atoms with Crippen molar-refractivity contribution in [3.63, 3.8) is 0 Å². The van der Waals surface area contributed by atoms with E-state index in [4.69, 9.17) is 15.2 Å². The summed E-state index contributed by atoms with van der Waals surface area (Å²) in [6.45, 7) is 7.82. The molecule has 3 unspecified atom stereocenters. The molecule has 90 valence electrons. The molecule has 0 aliphatic carbocycles. The molecule has 4 heteroatoms. The molecule has 4 nitrogen and oxygen atoms in total. The summed E-state index contributed by atoms with van der Waals surface area (Å²) in [4.78, 5) is 2.44. The monoisotopic (exact) mass is 216 g/mol. The van der Waals surface area contributed by atoms with Gasteiger partial charge in [-0.1, -0.05) is 0 Å². The minimum atomic E-state index is 0.113. The van der Waals surface area contributed by atoms with Gasteiger partial charge in [-0.25, -0.2) is 0 Å². The van der Waals surface area contributed by atoms with E-state index < -0.39 is 0 Å². The summed E-state index contributed by atoms with van der Waals surface area (Å²) in [5.74, 6) is 0. The van der Waals surface area contributed by atoms with Gasteiger partial charge in [-0.05, 0) is 20.3 Å². The molecule has 15 heavy (non-hydrogen) atoms. The molecule has 1 aliphatic heterocycles. The van der Waals surface area contributed by atoms with Crippen LogP contribution in [-0.4, -0.2) is 56.5 Å². The van der Waals surface area contributed by atoms with E-state index in [9.17, 15) is 0 Å². The van der Waals surface area contributed by atoms with Crippen molar-refractivity contribution in [1.29, 1.82) is 0 Å². The number of rotatable bonds is 5. The predicted molar refractivity (Wildman–Crippen MR) is 60.9 cm³/mol. The Morgan fingerprint density at radius 2 is 2.27 bits per heavy atom.